The van der Waals surface area contributed by atoms with Gasteiger partial charge >= 0.3 is 0 Å². The molecule has 11 aromatic carbocycles. The van der Waals surface area contributed by atoms with E-state index in [1.54, 1.807) is 0 Å². The lowest BCUT2D eigenvalue weighted by Crippen LogP contribution is -2.57. The third-order valence-corrected chi connectivity index (χ3v) is 19.6. The van der Waals surface area contributed by atoms with Gasteiger partial charge in [-0.1, -0.05) is 180 Å². The van der Waals surface area contributed by atoms with Crippen LogP contribution in [0.3, 0.4) is 0 Å². The van der Waals surface area contributed by atoms with Crippen LogP contribution < -0.4 is 97.8 Å². The smallest absolute Gasteiger partial charge is 0.143 e. The number of hydrogen-bond donors (Lipinski definition) is 0. The third-order valence-electron chi connectivity index (χ3n) is 19.6. The molecule has 0 amide bonds. The average molecular weight is 991 g/mol. The third kappa shape index (κ3) is 7.94. The Balaban J connectivity index is 1.09. The van der Waals surface area contributed by atoms with Crippen LogP contribution in [0.15, 0.2) is 138 Å². The molecular formula is C60H56B17NO. The van der Waals surface area contributed by atoms with Gasteiger partial charge < -0.3 is 9.32 Å². The van der Waals surface area contributed by atoms with Crippen molar-refractivity contribution in [3.63, 3.8) is 0 Å². The van der Waals surface area contributed by atoms with Crippen LogP contribution in [0.4, 0.5) is 17.1 Å². The van der Waals surface area contributed by atoms with Crippen molar-refractivity contribution in [2.24, 2.45) is 0 Å². The molecule has 2 nitrogen and oxygen atoms in total. The highest BCUT2D eigenvalue weighted by molar-refractivity contribution is 6.72. The molecule has 0 saturated heterocycles. The van der Waals surface area contributed by atoms with Gasteiger partial charge in [0, 0.05) is 33.2 Å². The van der Waals surface area contributed by atoms with Crippen LogP contribution in [0.25, 0.3) is 98.8 Å². The highest BCUT2D eigenvalue weighted by atomic mass is 16.3. The summed E-state index contributed by atoms with van der Waals surface area (Å²) in [5.41, 5.74) is 38.6. The van der Waals surface area contributed by atoms with Crippen LogP contribution in [-0.2, 0) is 0 Å². The summed E-state index contributed by atoms with van der Waals surface area (Å²) in [7, 11) is 39.9. The lowest BCUT2D eigenvalue weighted by Gasteiger charge is -2.37. The summed E-state index contributed by atoms with van der Waals surface area (Å²) < 4.78 is 6.77. The Morgan fingerprint density at radius 1 is 0.278 bits per heavy atom. The predicted octanol–water partition coefficient (Wildman–Crippen LogP) is -12.4. The van der Waals surface area contributed by atoms with E-state index >= 15 is 0 Å². The van der Waals surface area contributed by atoms with Crippen LogP contribution in [0, 0.1) is 0 Å². The zero-order valence-electron chi connectivity index (χ0n) is 49.6. The minimum absolute atomic E-state index is 0.897. The van der Waals surface area contributed by atoms with Crippen LogP contribution in [-0.4, -0.2) is 133 Å². The molecule has 358 valence electrons. The molecule has 0 unspecified atom stereocenters. The Hall–Kier alpha value is -7.10. The number of anilines is 3. The number of fused-ring (bicyclic) bond motifs is 8. The van der Waals surface area contributed by atoms with E-state index in [1.807, 2.05) is 0 Å². The molecule has 0 aliphatic rings. The summed E-state index contributed by atoms with van der Waals surface area (Å²) in [5, 5.41) is 9.69. The quantitative estimate of drug-likeness (QED) is 0.117. The Labute approximate surface area is 481 Å². The van der Waals surface area contributed by atoms with Gasteiger partial charge in [-0.3, -0.25) is 0 Å². The van der Waals surface area contributed by atoms with Gasteiger partial charge in [0.05, 0.1) is 0 Å². The second-order valence-electron chi connectivity index (χ2n) is 23.2. The van der Waals surface area contributed by atoms with Gasteiger partial charge in [-0.2, -0.15) is 0 Å². The first-order valence-corrected chi connectivity index (χ1v) is 28.4. The fourth-order valence-electron chi connectivity index (χ4n) is 14.1. The molecule has 0 atom stereocenters. The summed E-state index contributed by atoms with van der Waals surface area (Å²) in [5.74, 6) is 0. The molecule has 0 aliphatic heterocycles. The van der Waals surface area contributed by atoms with Gasteiger partial charge in [0.25, 0.3) is 0 Å². The molecule has 0 N–H and O–H groups in total. The topological polar surface area (TPSA) is 16.4 Å². The van der Waals surface area contributed by atoms with Crippen molar-refractivity contribution in [3.8, 4) is 44.5 Å². The van der Waals surface area contributed by atoms with E-state index in [-0.39, 0.29) is 0 Å². The van der Waals surface area contributed by atoms with Crippen molar-refractivity contribution < 1.29 is 4.42 Å². The normalized spacial score (nSPS) is 11.6. The van der Waals surface area contributed by atoms with Crippen molar-refractivity contribution in [2.75, 3.05) is 4.90 Å². The fraction of sp³-hybridized carbons (Fsp3) is 0. The zero-order chi connectivity index (χ0) is 55.8. The lowest BCUT2D eigenvalue weighted by molar-refractivity contribution is 0.673. The number of nitrogens with zero attached hydrogens (tertiary/aromatic N) is 1. The summed E-state index contributed by atoms with van der Waals surface area (Å²) in [6, 6.07) is 49.2. The van der Waals surface area contributed by atoms with E-state index in [9.17, 15) is 0 Å². The van der Waals surface area contributed by atoms with Gasteiger partial charge in [-0.25, -0.2) is 0 Å². The van der Waals surface area contributed by atoms with E-state index < -0.39 is 0 Å². The van der Waals surface area contributed by atoms with Gasteiger partial charge in [-0.15, -0.1) is 16.4 Å². The Kier molecular flexibility index (Phi) is 13.1. The second-order valence-corrected chi connectivity index (χ2v) is 23.2. The van der Waals surface area contributed by atoms with Crippen molar-refractivity contribution in [1.29, 1.82) is 0 Å². The Morgan fingerprint density at radius 3 is 1.27 bits per heavy atom. The fourth-order valence-corrected chi connectivity index (χ4v) is 14.1. The molecule has 0 fully saturated rings. The number of benzene rings is 11. The van der Waals surface area contributed by atoms with Crippen LogP contribution >= 0.6 is 0 Å². The summed E-state index contributed by atoms with van der Waals surface area (Å²) in [4.78, 5) is 2.63. The molecule has 0 spiro atoms. The predicted molar refractivity (Wildman–Crippen MR) is 402 cm³/mol. The Bertz CT molecular complexity index is 4550. The van der Waals surface area contributed by atoms with E-state index in [2.05, 4.69) is 272 Å². The average Bonchev–Trinajstić information content (AvgIpc) is 4.05. The lowest BCUT2D eigenvalue weighted by atomic mass is 9.55. The van der Waals surface area contributed by atoms with E-state index in [0.29, 0.717) is 0 Å². The van der Waals surface area contributed by atoms with Crippen molar-refractivity contribution >= 4 is 298 Å². The molecule has 12 rings (SSSR count). The number of hydrogen-bond acceptors (Lipinski definition) is 2. The molecule has 0 saturated carbocycles. The number of rotatable bonds is 7. The summed E-state index contributed by atoms with van der Waals surface area (Å²) >= 11 is 0. The SMILES string of the molecule is Bc1c(B)c(B)c(-c2c(B)c(B)c(-c3c(B)c(B)c(N(c4cccc(-c5cccc6oc7c8ccccc8ccc7c56)c4)c4c(B)c(B)c(-c5ccc6c(ccc7ccccc76)c5)c(B)c4B)c(B)c3B)c(B)c2B)c(B)c1B. The first kappa shape index (κ1) is 52.6. The summed E-state index contributed by atoms with van der Waals surface area (Å²) in [6.45, 7) is 0. The minimum atomic E-state index is 0.897. The van der Waals surface area contributed by atoms with Crippen LogP contribution in [0.1, 0.15) is 0 Å². The molecular weight excluding hydrogens is 934 g/mol. The maximum atomic E-state index is 6.77. The zero-order valence-corrected chi connectivity index (χ0v) is 49.6. The van der Waals surface area contributed by atoms with Gasteiger partial charge in [0.15, 0.2) is 0 Å². The van der Waals surface area contributed by atoms with Gasteiger partial charge in [-0.05, 0) is 102 Å². The second kappa shape index (κ2) is 19.6. The minimum Gasteiger partial charge on any atom is -0.455 e. The van der Waals surface area contributed by atoms with E-state index in [1.165, 1.54) is 165 Å². The molecule has 0 aliphatic carbocycles. The monoisotopic (exact) mass is 994 g/mol. The highest BCUT2D eigenvalue weighted by Crippen LogP contribution is 2.41. The molecule has 0 radical (unpaired) electrons. The van der Waals surface area contributed by atoms with Gasteiger partial charge in [0.1, 0.15) is 145 Å². The van der Waals surface area contributed by atoms with Crippen LogP contribution in [0.2, 0.25) is 0 Å². The standard InChI is InChI=1S/C60H56B17NO/c61-41-35(27-18-19-30-26(21-27)16-15-23-7-1-3-11-29(23)30)42(62)55(75)58(54(41)74)78(28-10-5-9-25(22-28)31-13-6-14-34-36(31)33-20-17-24-8-2-4-12-32(24)60(33)79-34)59-56(76)49(69)40(50(70)57(59)77)38-45(65)43(63)37(44(64)46(38)66)39-47(67)51(71)53(73)52(72)48(39)68/h1-22H,61-77H2. The molecule has 79 heavy (non-hydrogen) atoms. The van der Waals surface area contributed by atoms with Crippen molar-refractivity contribution in [3.05, 3.63) is 133 Å². The van der Waals surface area contributed by atoms with Gasteiger partial charge in [0.2, 0.25) is 0 Å². The van der Waals surface area contributed by atoms with Crippen LogP contribution in [0.5, 0.6) is 0 Å². The molecule has 1 heterocycles. The molecule has 12 aromatic rings. The molecule has 0 bridgehead atoms. The Morgan fingerprint density at radius 2 is 0.696 bits per heavy atom. The number of furan rings is 1. The highest BCUT2D eigenvalue weighted by Gasteiger charge is 2.29. The first-order chi connectivity index (χ1) is 37.8. The molecule has 1 aromatic heterocycles. The maximum Gasteiger partial charge on any atom is 0.143 e. The molecule has 19 heteroatoms. The van der Waals surface area contributed by atoms with E-state index in [4.69, 9.17) is 4.42 Å². The maximum absolute atomic E-state index is 6.77. The van der Waals surface area contributed by atoms with E-state index in [0.717, 1.165) is 44.1 Å². The first-order valence-electron chi connectivity index (χ1n) is 28.4. The van der Waals surface area contributed by atoms with Crippen molar-refractivity contribution in [2.45, 2.75) is 0 Å². The van der Waals surface area contributed by atoms with Crippen molar-refractivity contribution in [1.82, 2.24) is 0 Å². The largest absolute Gasteiger partial charge is 0.455 e. The summed E-state index contributed by atoms with van der Waals surface area (Å²) in [6.07, 6.45) is 0.